The number of rotatable bonds is 3. The number of aromatic nitrogens is 3. The van der Waals surface area contributed by atoms with Crippen LogP contribution in [-0.2, 0) is 6.42 Å². The lowest BCUT2D eigenvalue weighted by Gasteiger charge is -2.21. The Morgan fingerprint density at radius 2 is 2.05 bits per heavy atom. The van der Waals surface area contributed by atoms with E-state index in [-0.39, 0.29) is 5.43 Å². The monoisotopic (exact) mass is 281 g/mol. The van der Waals surface area contributed by atoms with Gasteiger partial charge in [0.15, 0.2) is 11.1 Å². The summed E-state index contributed by atoms with van der Waals surface area (Å²) in [5, 5.41) is 7.95. The fraction of sp³-hybridized carbons (Fsp3) is 0.412. The van der Waals surface area contributed by atoms with Crippen LogP contribution in [0.3, 0.4) is 0 Å². The quantitative estimate of drug-likeness (QED) is 0.906. The van der Waals surface area contributed by atoms with E-state index < -0.39 is 0 Å². The molecule has 2 aliphatic carbocycles. The van der Waals surface area contributed by atoms with Gasteiger partial charge >= 0.3 is 0 Å². The average Bonchev–Trinajstić information content (AvgIpc) is 2.82. The Balaban J connectivity index is 1.68. The predicted molar refractivity (Wildman–Crippen MR) is 84.1 cm³/mol. The molecule has 0 atom stereocenters. The van der Waals surface area contributed by atoms with Crippen LogP contribution in [0.5, 0.6) is 0 Å². The van der Waals surface area contributed by atoms with Gasteiger partial charge in [-0.1, -0.05) is 50.3 Å². The molecular formula is C17H19N3O. The van der Waals surface area contributed by atoms with Crippen molar-refractivity contribution in [3.63, 3.8) is 0 Å². The topological polar surface area (TPSA) is 61.5 Å². The second-order valence-electron chi connectivity index (χ2n) is 6.17. The lowest BCUT2D eigenvalue weighted by Crippen LogP contribution is -2.13. The number of hydrogen-bond donors (Lipinski definition) is 2. The molecule has 4 heteroatoms. The van der Waals surface area contributed by atoms with Crippen molar-refractivity contribution in [3.05, 3.63) is 45.9 Å². The summed E-state index contributed by atoms with van der Waals surface area (Å²) in [4.78, 5) is 15.8. The first kappa shape index (κ1) is 12.6. The third-order valence-corrected chi connectivity index (χ3v) is 4.67. The highest BCUT2D eigenvalue weighted by molar-refractivity contribution is 5.93. The van der Waals surface area contributed by atoms with Crippen molar-refractivity contribution < 1.29 is 0 Å². The van der Waals surface area contributed by atoms with Crippen molar-refractivity contribution in [2.45, 2.75) is 38.5 Å². The highest BCUT2D eigenvalue weighted by atomic mass is 16.1. The minimum absolute atomic E-state index is 0.0690. The Morgan fingerprint density at radius 1 is 1.24 bits per heavy atom. The molecule has 0 aliphatic heterocycles. The summed E-state index contributed by atoms with van der Waals surface area (Å²) in [5.74, 6) is 0.711. The van der Waals surface area contributed by atoms with E-state index in [0.29, 0.717) is 17.0 Å². The van der Waals surface area contributed by atoms with Crippen molar-refractivity contribution in [3.8, 4) is 0 Å². The highest BCUT2D eigenvalue weighted by Crippen LogP contribution is 2.27. The zero-order valence-electron chi connectivity index (χ0n) is 12.0. The molecule has 4 nitrogen and oxygen atoms in total. The van der Waals surface area contributed by atoms with Crippen LogP contribution in [0.25, 0.3) is 16.6 Å². The summed E-state index contributed by atoms with van der Waals surface area (Å²) in [6, 6.07) is 1.76. The molecule has 2 aromatic heterocycles. The van der Waals surface area contributed by atoms with Gasteiger partial charge in [0.2, 0.25) is 0 Å². The first-order valence-electron chi connectivity index (χ1n) is 7.80. The number of hydrogen-bond acceptors (Lipinski definition) is 2. The maximum absolute atomic E-state index is 12.4. The van der Waals surface area contributed by atoms with Gasteiger partial charge in [-0.25, -0.2) is 0 Å². The van der Waals surface area contributed by atoms with Crippen LogP contribution >= 0.6 is 0 Å². The third kappa shape index (κ3) is 2.24. The summed E-state index contributed by atoms with van der Waals surface area (Å²) < 4.78 is 0. The predicted octanol–water partition coefficient (Wildman–Crippen LogP) is 3.33. The molecule has 108 valence electrons. The van der Waals surface area contributed by atoms with Crippen LogP contribution in [0.15, 0.2) is 29.1 Å². The van der Waals surface area contributed by atoms with Crippen LogP contribution in [0, 0.1) is 5.92 Å². The van der Waals surface area contributed by atoms with E-state index in [4.69, 9.17) is 0 Å². The van der Waals surface area contributed by atoms with E-state index in [0.717, 1.165) is 23.4 Å². The molecule has 0 spiro atoms. The standard InChI is InChI=1S/C17H19N3O/c21-14-10-13(9-11-5-2-1-3-6-11)18-17-15(14)16(19-20-17)12-7-4-8-12/h4,7-8,10-11H,1-3,5-6,9H2,(H2,18,19,20,21). The molecule has 2 aliphatic rings. The van der Waals surface area contributed by atoms with Crippen LogP contribution in [0.2, 0.25) is 0 Å². The second-order valence-corrected chi connectivity index (χ2v) is 6.17. The number of H-pyrrole nitrogens is 2. The fourth-order valence-corrected chi connectivity index (χ4v) is 3.47. The van der Waals surface area contributed by atoms with E-state index in [2.05, 4.69) is 15.2 Å². The Hall–Kier alpha value is -2.10. The molecule has 2 aromatic rings. The number of fused-ring (bicyclic) bond motifs is 1. The second kappa shape index (κ2) is 5.02. The number of allylic oxidation sites excluding steroid dienone is 4. The van der Waals surface area contributed by atoms with E-state index in [9.17, 15) is 4.79 Å². The van der Waals surface area contributed by atoms with Crippen LogP contribution in [0.1, 0.15) is 43.5 Å². The largest absolute Gasteiger partial charge is 0.342 e. The van der Waals surface area contributed by atoms with Crippen molar-refractivity contribution in [1.29, 1.82) is 0 Å². The molecule has 1 fully saturated rings. The summed E-state index contributed by atoms with van der Waals surface area (Å²) >= 11 is 0. The normalized spacial score (nSPS) is 18.8. The van der Waals surface area contributed by atoms with Crippen molar-refractivity contribution in [1.82, 2.24) is 15.2 Å². The highest BCUT2D eigenvalue weighted by Gasteiger charge is 2.18. The Bertz CT molecular complexity index is 788. The summed E-state index contributed by atoms with van der Waals surface area (Å²) in [6.45, 7) is 0. The molecule has 0 unspecified atom stereocenters. The molecular weight excluding hydrogens is 262 g/mol. The van der Waals surface area contributed by atoms with Crippen molar-refractivity contribution >= 4 is 16.6 Å². The smallest absolute Gasteiger partial charge is 0.193 e. The molecule has 2 heterocycles. The zero-order chi connectivity index (χ0) is 14.2. The molecule has 0 bridgehead atoms. The molecule has 2 N–H and O–H groups in total. The fourth-order valence-electron chi connectivity index (χ4n) is 3.47. The van der Waals surface area contributed by atoms with Crippen LogP contribution in [-0.4, -0.2) is 15.2 Å². The molecule has 0 aromatic carbocycles. The van der Waals surface area contributed by atoms with Crippen LogP contribution < -0.4 is 5.43 Å². The van der Waals surface area contributed by atoms with Gasteiger partial charge in [0.25, 0.3) is 0 Å². The van der Waals surface area contributed by atoms with Gasteiger partial charge in [-0.15, -0.1) is 0 Å². The van der Waals surface area contributed by atoms with E-state index >= 15 is 0 Å². The van der Waals surface area contributed by atoms with Crippen molar-refractivity contribution in [2.24, 2.45) is 5.92 Å². The lowest BCUT2D eigenvalue weighted by atomic mass is 9.86. The first-order chi connectivity index (χ1) is 10.3. The van der Waals surface area contributed by atoms with Gasteiger partial charge in [-0.05, 0) is 12.3 Å². The Morgan fingerprint density at radius 3 is 2.76 bits per heavy atom. The molecule has 4 rings (SSSR count). The minimum atomic E-state index is 0.0690. The van der Waals surface area contributed by atoms with E-state index in [1.54, 1.807) is 6.07 Å². The molecule has 0 radical (unpaired) electrons. The minimum Gasteiger partial charge on any atom is -0.342 e. The lowest BCUT2D eigenvalue weighted by molar-refractivity contribution is 0.354. The summed E-state index contributed by atoms with van der Waals surface area (Å²) in [6.07, 6.45) is 13.5. The van der Waals surface area contributed by atoms with Gasteiger partial charge in [-0.3, -0.25) is 9.89 Å². The van der Waals surface area contributed by atoms with Crippen molar-refractivity contribution in [2.75, 3.05) is 0 Å². The summed E-state index contributed by atoms with van der Waals surface area (Å²) in [7, 11) is 0. The van der Waals surface area contributed by atoms with Gasteiger partial charge < -0.3 is 4.98 Å². The maximum Gasteiger partial charge on any atom is 0.193 e. The molecule has 1 saturated carbocycles. The Kier molecular flexibility index (Phi) is 3.02. The zero-order valence-corrected chi connectivity index (χ0v) is 12.0. The Labute approximate surface area is 123 Å². The van der Waals surface area contributed by atoms with Gasteiger partial charge in [0, 0.05) is 17.3 Å². The van der Waals surface area contributed by atoms with Gasteiger partial charge in [0.1, 0.15) is 0 Å². The SMILES string of the molecule is O=c1cc(CC2CCCCC2)[nH]c2n[nH]c(C3=CC=C3)c12. The van der Waals surface area contributed by atoms with E-state index in [1.165, 1.54) is 32.1 Å². The number of aromatic amines is 2. The molecule has 0 amide bonds. The summed E-state index contributed by atoms with van der Waals surface area (Å²) in [5.41, 5.74) is 3.65. The maximum atomic E-state index is 12.4. The van der Waals surface area contributed by atoms with E-state index in [1.807, 2.05) is 18.2 Å². The average molecular weight is 281 g/mol. The van der Waals surface area contributed by atoms with Gasteiger partial charge in [-0.2, -0.15) is 5.10 Å². The van der Waals surface area contributed by atoms with Crippen LogP contribution in [0.4, 0.5) is 0 Å². The molecule has 21 heavy (non-hydrogen) atoms. The third-order valence-electron chi connectivity index (χ3n) is 4.67. The molecule has 0 saturated heterocycles. The number of nitrogens with one attached hydrogen (secondary N) is 2. The van der Waals surface area contributed by atoms with Gasteiger partial charge in [0.05, 0.1) is 11.1 Å². The number of nitrogens with zero attached hydrogens (tertiary/aromatic N) is 1. The first-order valence-corrected chi connectivity index (χ1v) is 7.80. The number of pyridine rings is 1.